The second kappa shape index (κ2) is 6.67. The number of benzene rings is 1. The third kappa shape index (κ3) is 2.86. The van der Waals surface area contributed by atoms with E-state index >= 15 is 0 Å². The molecule has 3 atom stereocenters. The van der Waals surface area contributed by atoms with Crippen molar-refractivity contribution in [3.05, 3.63) is 58.9 Å². The first-order valence-corrected chi connectivity index (χ1v) is 9.71. The van der Waals surface area contributed by atoms with Crippen molar-refractivity contribution in [2.75, 3.05) is 12.4 Å². The maximum Gasteiger partial charge on any atom is 0.263 e. The molecular formula is C21H22FN5O. The molecule has 2 aliphatic rings. The van der Waals surface area contributed by atoms with Crippen LogP contribution in [0.2, 0.25) is 0 Å². The third-order valence-corrected chi connectivity index (χ3v) is 6.22. The van der Waals surface area contributed by atoms with Gasteiger partial charge in [-0.25, -0.2) is 9.37 Å². The summed E-state index contributed by atoms with van der Waals surface area (Å²) in [7, 11) is 2.17. The standard InChI is InChI=1S/C21H22FN5O/c1-26-15-5-6-16(26)11-17(10-15)27-20(28)18-9-13(22)4-7-19(18)25-21(27)24-14-3-2-8-23-12-14/h2-4,7-9,12,15-17H,5-6,10-11H2,1H3,(H,24,25)/t15-,16+,17-. The Balaban J connectivity index is 1.65. The molecule has 144 valence electrons. The van der Waals surface area contributed by atoms with Crippen molar-refractivity contribution in [3.8, 4) is 0 Å². The van der Waals surface area contributed by atoms with Gasteiger partial charge in [0.05, 0.1) is 22.8 Å². The maximum absolute atomic E-state index is 13.8. The van der Waals surface area contributed by atoms with Crippen molar-refractivity contribution in [1.82, 2.24) is 19.4 Å². The fourth-order valence-corrected chi connectivity index (χ4v) is 4.76. The third-order valence-electron chi connectivity index (χ3n) is 6.22. The minimum atomic E-state index is -0.422. The van der Waals surface area contributed by atoms with Crippen LogP contribution in [0.3, 0.4) is 0 Å². The Hall–Kier alpha value is -2.80. The molecule has 5 rings (SSSR count). The highest BCUT2D eigenvalue weighted by Crippen LogP contribution is 2.40. The van der Waals surface area contributed by atoms with Gasteiger partial charge in [-0.15, -0.1) is 0 Å². The molecule has 2 aromatic heterocycles. The summed E-state index contributed by atoms with van der Waals surface area (Å²) in [5.74, 6) is 0.0698. The van der Waals surface area contributed by atoms with Gasteiger partial charge >= 0.3 is 0 Å². The van der Waals surface area contributed by atoms with Gasteiger partial charge in [0, 0.05) is 24.3 Å². The number of piperidine rings is 1. The molecule has 28 heavy (non-hydrogen) atoms. The quantitative estimate of drug-likeness (QED) is 0.755. The van der Waals surface area contributed by atoms with Gasteiger partial charge in [0.15, 0.2) is 0 Å². The van der Waals surface area contributed by atoms with Crippen LogP contribution < -0.4 is 10.9 Å². The molecule has 0 spiro atoms. The fraction of sp³-hybridized carbons (Fsp3) is 0.381. The van der Waals surface area contributed by atoms with E-state index in [9.17, 15) is 9.18 Å². The number of nitrogens with zero attached hydrogens (tertiary/aromatic N) is 4. The minimum absolute atomic E-state index is 0.0422. The normalized spacial score (nSPS) is 24.6. The molecule has 0 unspecified atom stereocenters. The van der Waals surface area contributed by atoms with Crippen LogP contribution in [0.1, 0.15) is 31.7 Å². The van der Waals surface area contributed by atoms with E-state index < -0.39 is 5.82 Å². The highest BCUT2D eigenvalue weighted by Gasteiger charge is 2.40. The van der Waals surface area contributed by atoms with Crippen LogP contribution in [-0.4, -0.2) is 38.6 Å². The molecule has 3 aromatic rings. The Morgan fingerprint density at radius 3 is 2.64 bits per heavy atom. The largest absolute Gasteiger partial charge is 0.324 e. The first-order valence-electron chi connectivity index (χ1n) is 9.71. The SMILES string of the molecule is CN1[C@@H]2CC[C@H]1C[C@H](n1c(Nc3cccnc3)nc3ccc(F)cc3c1=O)C2. The van der Waals surface area contributed by atoms with E-state index in [0.29, 0.717) is 28.9 Å². The van der Waals surface area contributed by atoms with E-state index in [1.54, 1.807) is 23.0 Å². The summed E-state index contributed by atoms with van der Waals surface area (Å²) in [6.45, 7) is 0. The lowest BCUT2D eigenvalue weighted by Gasteiger charge is -2.37. The molecule has 0 saturated carbocycles. The molecule has 6 nitrogen and oxygen atoms in total. The zero-order valence-corrected chi connectivity index (χ0v) is 15.7. The molecule has 0 radical (unpaired) electrons. The average molecular weight is 379 g/mol. The summed E-state index contributed by atoms with van der Waals surface area (Å²) < 4.78 is 15.6. The van der Waals surface area contributed by atoms with Crippen molar-refractivity contribution < 1.29 is 4.39 Å². The van der Waals surface area contributed by atoms with Crippen molar-refractivity contribution in [2.45, 2.75) is 43.8 Å². The van der Waals surface area contributed by atoms with Gasteiger partial charge in [-0.2, -0.15) is 0 Å². The van der Waals surface area contributed by atoms with Crippen LogP contribution in [0.25, 0.3) is 10.9 Å². The Labute approximate surface area is 162 Å². The number of pyridine rings is 1. The summed E-state index contributed by atoms with van der Waals surface area (Å²) in [5, 5.41) is 3.58. The molecule has 1 N–H and O–H groups in total. The molecule has 4 heterocycles. The fourth-order valence-electron chi connectivity index (χ4n) is 4.76. The molecule has 0 amide bonds. The number of halogens is 1. The average Bonchev–Trinajstić information content (AvgIpc) is 2.90. The monoisotopic (exact) mass is 379 g/mol. The number of anilines is 2. The number of hydrogen-bond donors (Lipinski definition) is 1. The second-order valence-corrected chi connectivity index (χ2v) is 7.81. The lowest BCUT2D eigenvalue weighted by Crippen LogP contribution is -2.43. The van der Waals surface area contributed by atoms with E-state index in [1.165, 1.54) is 12.1 Å². The lowest BCUT2D eigenvalue weighted by molar-refractivity contribution is 0.136. The van der Waals surface area contributed by atoms with Crippen LogP contribution in [0.15, 0.2) is 47.5 Å². The number of nitrogens with one attached hydrogen (secondary N) is 1. The summed E-state index contributed by atoms with van der Waals surface area (Å²) in [6, 6.07) is 8.90. The Morgan fingerprint density at radius 1 is 1.14 bits per heavy atom. The van der Waals surface area contributed by atoms with Crippen LogP contribution in [0, 0.1) is 5.82 Å². The van der Waals surface area contributed by atoms with Crippen molar-refractivity contribution >= 4 is 22.5 Å². The zero-order valence-electron chi connectivity index (χ0n) is 15.7. The Morgan fingerprint density at radius 2 is 1.93 bits per heavy atom. The highest BCUT2D eigenvalue weighted by molar-refractivity contribution is 5.79. The van der Waals surface area contributed by atoms with Gasteiger partial charge in [-0.3, -0.25) is 14.3 Å². The molecule has 0 aliphatic carbocycles. The predicted octanol–water partition coefficient (Wildman–Crippen LogP) is 3.47. The van der Waals surface area contributed by atoms with Gasteiger partial charge in [0.2, 0.25) is 5.95 Å². The van der Waals surface area contributed by atoms with E-state index in [-0.39, 0.29) is 11.6 Å². The lowest BCUT2D eigenvalue weighted by atomic mass is 9.97. The minimum Gasteiger partial charge on any atom is -0.324 e. The van der Waals surface area contributed by atoms with E-state index in [4.69, 9.17) is 0 Å². The number of aromatic nitrogens is 3. The molecule has 1 aromatic carbocycles. The van der Waals surface area contributed by atoms with Crippen LogP contribution >= 0.6 is 0 Å². The molecule has 2 aliphatic heterocycles. The van der Waals surface area contributed by atoms with Gasteiger partial charge < -0.3 is 10.2 Å². The van der Waals surface area contributed by atoms with Crippen LogP contribution in [0.5, 0.6) is 0 Å². The van der Waals surface area contributed by atoms with Gasteiger partial charge in [-0.1, -0.05) is 0 Å². The summed E-state index contributed by atoms with van der Waals surface area (Å²) >= 11 is 0. The molecule has 2 fully saturated rings. The number of rotatable bonds is 3. The maximum atomic E-state index is 13.8. The Kier molecular flexibility index (Phi) is 4.12. The number of hydrogen-bond acceptors (Lipinski definition) is 5. The van der Waals surface area contributed by atoms with Crippen LogP contribution in [0.4, 0.5) is 16.0 Å². The van der Waals surface area contributed by atoms with Crippen molar-refractivity contribution in [3.63, 3.8) is 0 Å². The Bertz CT molecular complexity index is 1070. The zero-order chi connectivity index (χ0) is 19.3. The number of fused-ring (bicyclic) bond motifs is 3. The van der Waals surface area contributed by atoms with Gasteiger partial charge in [0.1, 0.15) is 5.82 Å². The molecule has 2 bridgehead atoms. The molecule has 2 saturated heterocycles. The van der Waals surface area contributed by atoms with Crippen molar-refractivity contribution in [1.29, 1.82) is 0 Å². The summed E-state index contributed by atoms with van der Waals surface area (Å²) in [4.78, 5) is 24.6. The smallest absolute Gasteiger partial charge is 0.263 e. The van der Waals surface area contributed by atoms with Gasteiger partial charge in [0.25, 0.3) is 5.56 Å². The van der Waals surface area contributed by atoms with Crippen molar-refractivity contribution in [2.24, 2.45) is 0 Å². The van der Waals surface area contributed by atoms with Gasteiger partial charge in [-0.05, 0) is 63.1 Å². The molecular weight excluding hydrogens is 357 g/mol. The second-order valence-electron chi connectivity index (χ2n) is 7.81. The topological polar surface area (TPSA) is 63.1 Å². The predicted molar refractivity (Wildman–Crippen MR) is 106 cm³/mol. The highest BCUT2D eigenvalue weighted by atomic mass is 19.1. The summed E-state index contributed by atoms with van der Waals surface area (Å²) in [6.07, 6.45) is 7.52. The first-order chi connectivity index (χ1) is 13.6. The van der Waals surface area contributed by atoms with Crippen LogP contribution in [-0.2, 0) is 0 Å². The van der Waals surface area contributed by atoms with E-state index in [2.05, 4.69) is 27.2 Å². The van der Waals surface area contributed by atoms with E-state index in [0.717, 1.165) is 31.4 Å². The van der Waals surface area contributed by atoms with E-state index in [1.807, 2.05) is 12.1 Å². The molecule has 7 heteroatoms. The summed E-state index contributed by atoms with van der Waals surface area (Å²) in [5.41, 5.74) is 1.07. The first kappa shape index (κ1) is 17.3.